The zero-order chi connectivity index (χ0) is 12.7. The minimum Gasteiger partial charge on any atom is -0.376 e. The van der Waals surface area contributed by atoms with E-state index in [0.717, 1.165) is 39.0 Å². The monoisotopic (exact) mass is 278 g/mol. The predicted molar refractivity (Wildman–Crippen MR) is 75.9 cm³/mol. The molecule has 0 saturated carbocycles. The Morgan fingerprint density at radius 3 is 2.83 bits per heavy atom. The van der Waals surface area contributed by atoms with E-state index in [1.165, 1.54) is 0 Å². The topological polar surface area (TPSA) is 55.6 Å². The second-order valence-corrected chi connectivity index (χ2v) is 5.20. The van der Waals surface area contributed by atoms with Gasteiger partial charge in [-0.05, 0) is 31.7 Å². The quantitative estimate of drug-likeness (QED) is 0.773. The van der Waals surface area contributed by atoms with E-state index in [1.807, 2.05) is 4.90 Å². The number of halogens is 1. The summed E-state index contributed by atoms with van der Waals surface area (Å²) in [6, 6.07) is 0. The highest BCUT2D eigenvalue weighted by Crippen LogP contribution is 2.15. The molecular formula is C13H27ClN2O2. The number of nitrogens with zero attached hydrogens (tertiary/aromatic N) is 1. The summed E-state index contributed by atoms with van der Waals surface area (Å²) in [4.78, 5) is 13.7. The van der Waals surface area contributed by atoms with Crippen molar-refractivity contribution in [1.29, 1.82) is 0 Å². The van der Waals surface area contributed by atoms with E-state index < -0.39 is 0 Å². The third-order valence-electron chi connectivity index (χ3n) is 3.14. The van der Waals surface area contributed by atoms with Gasteiger partial charge in [0.15, 0.2) is 0 Å². The van der Waals surface area contributed by atoms with Gasteiger partial charge >= 0.3 is 0 Å². The van der Waals surface area contributed by atoms with Crippen LogP contribution in [0.4, 0.5) is 0 Å². The van der Waals surface area contributed by atoms with E-state index in [4.69, 9.17) is 10.5 Å². The summed E-state index contributed by atoms with van der Waals surface area (Å²) in [6.07, 6.45) is 3.68. The summed E-state index contributed by atoms with van der Waals surface area (Å²) >= 11 is 0. The molecule has 1 fully saturated rings. The van der Waals surface area contributed by atoms with Crippen molar-refractivity contribution >= 4 is 18.3 Å². The van der Waals surface area contributed by atoms with E-state index in [9.17, 15) is 4.79 Å². The first kappa shape index (κ1) is 17.7. The van der Waals surface area contributed by atoms with E-state index in [0.29, 0.717) is 18.9 Å². The summed E-state index contributed by atoms with van der Waals surface area (Å²) in [5.74, 6) is 0.907. The highest BCUT2D eigenvalue weighted by molar-refractivity contribution is 5.85. The van der Waals surface area contributed by atoms with Crippen LogP contribution in [0.3, 0.4) is 0 Å². The van der Waals surface area contributed by atoms with E-state index in [1.54, 1.807) is 0 Å². The second-order valence-electron chi connectivity index (χ2n) is 5.20. The van der Waals surface area contributed by atoms with Crippen molar-refractivity contribution in [2.75, 3.05) is 26.2 Å². The molecule has 2 N–H and O–H groups in total. The summed E-state index contributed by atoms with van der Waals surface area (Å²) in [5, 5.41) is 0. The summed E-state index contributed by atoms with van der Waals surface area (Å²) in [6.45, 7) is 7.40. The third-order valence-corrected chi connectivity index (χ3v) is 3.14. The highest BCUT2D eigenvalue weighted by Gasteiger charge is 2.26. The zero-order valence-corrected chi connectivity index (χ0v) is 12.4. The Morgan fingerprint density at radius 2 is 2.22 bits per heavy atom. The molecule has 5 heteroatoms. The van der Waals surface area contributed by atoms with Crippen LogP contribution >= 0.6 is 12.4 Å². The Labute approximate surface area is 117 Å². The van der Waals surface area contributed by atoms with Crippen LogP contribution in [0.5, 0.6) is 0 Å². The van der Waals surface area contributed by atoms with Gasteiger partial charge < -0.3 is 15.4 Å². The fourth-order valence-electron chi connectivity index (χ4n) is 1.97. The van der Waals surface area contributed by atoms with Crippen molar-refractivity contribution in [2.24, 2.45) is 11.7 Å². The molecule has 1 heterocycles. The first-order valence-corrected chi connectivity index (χ1v) is 6.73. The maximum atomic E-state index is 11.7. The molecule has 4 nitrogen and oxygen atoms in total. The lowest BCUT2D eigenvalue weighted by molar-refractivity contribution is -0.130. The largest absolute Gasteiger partial charge is 0.376 e. The van der Waals surface area contributed by atoms with Crippen LogP contribution in [0.25, 0.3) is 0 Å². The lowest BCUT2D eigenvalue weighted by atomic mass is 10.1. The Bertz CT molecular complexity index is 237. The number of likely N-dealkylation sites (tertiary alicyclic amines) is 1. The lowest BCUT2D eigenvalue weighted by Crippen LogP contribution is -2.30. The van der Waals surface area contributed by atoms with Gasteiger partial charge in [0.2, 0.25) is 5.91 Å². The van der Waals surface area contributed by atoms with Crippen molar-refractivity contribution in [3.8, 4) is 0 Å². The molecule has 0 aliphatic carbocycles. The Hall–Kier alpha value is -0.320. The molecule has 0 aromatic rings. The SMILES string of the molecule is CC(C)CCOC1CCN(C(=O)CCCN)C1.Cl. The fraction of sp³-hybridized carbons (Fsp3) is 0.923. The molecule has 1 saturated heterocycles. The maximum Gasteiger partial charge on any atom is 0.222 e. The molecule has 0 aromatic carbocycles. The summed E-state index contributed by atoms with van der Waals surface area (Å²) < 4.78 is 5.78. The Morgan fingerprint density at radius 1 is 1.50 bits per heavy atom. The highest BCUT2D eigenvalue weighted by atomic mass is 35.5. The molecule has 1 rings (SSSR count). The normalized spacial score (nSPS) is 19.1. The first-order valence-electron chi connectivity index (χ1n) is 6.73. The van der Waals surface area contributed by atoms with Gasteiger partial charge in [-0.15, -0.1) is 12.4 Å². The predicted octanol–water partition coefficient (Wildman–Crippen LogP) is 1.81. The van der Waals surface area contributed by atoms with Gasteiger partial charge in [-0.3, -0.25) is 4.79 Å². The van der Waals surface area contributed by atoms with Crippen molar-refractivity contribution in [3.63, 3.8) is 0 Å². The second kappa shape index (κ2) is 9.59. The number of carbonyl (C=O) groups excluding carboxylic acids is 1. The number of nitrogens with two attached hydrogens (primary N) is 1. The Balaban J connectivity index is 0.00000289. The van der Waals surface area contributed by atoms with Crippen LogP contribution < -0.4 is 5.73 Å². The average molecular weight is 279 g/mol. The molecule has 0 radical (unpaired) electrons. The number of rotatable bonds is 7. The number of hydrogen-bond donors (Lipinski definition) is 1. The van der Waals surface area contributed by atoms with Crippen LogP contribution in [0, 0.1) is 5.92 Å². The van der Waals surface area contributed by atoms with E-state index in [2.05, 4.69) is 13.8 Å². The third kappa shape index (κ3) is 6.57. The van der Waals surface area contributed by atoms with E-state index >= 15 is 0 Å². The van der Waals surface area contributed by atoms with Crippen molar-refractivity contribution < 1.29 is 9.53 Å². The fourth-order valence-corrected chi connectivity index (χ4v) is 1.97. The molecule has 1 amide bonds. The molecular weight excluding hydrogens is 252 g/mol. The maximum absolute atomic E-state index is 11.7. The lowest BCUT2D eigenvalue weighted by Gasteiger charge is -2.17. The minimum absolute atomic E-state index is 0. The minimum atomic E-state index is 0. The smallest absolute Gasteiger partial charge is 0.222 e. The standard InChI is InChI=1S/C13H26N2O2.ClH/c1-11(2)6-9-17-12-5-8-15(10-12)13(16)4-3-7-14;/h11-12H,3-10,14H2,1-2H3;1H. The number of ether oxygens (including phenoxy) is 1. The van der Waals surface area contributed by atoms with Crippen LogP contribution in [-0.4, -0.2) is 43.2 Å². The summed E-state index contributed by atoms with van der Waals surface area (Å²) in [5.41, 5.74) is 5.40. The van der Waals surface area contributed by atoms with Gasteiger partial charge in [-0.1, -0.05) is 13.8 Å². The molecule has 0 aromatic heterocycles. The molecule has 1 unspecified atom stereocenters. The van der Waals surface area contributed by atoms with Gasteiger partial charge in [0.25, 0.3) is 0 Å². The molecule has 108 valence electrons. The molecule has 0 bridgehead atoms. The molecule has 1 aliphatic heterocycles. The van der Waals surface area contributed by atoms with Crippen LogP contribution in [0.2, 0.25) is 0 Å². The average Bonchev–Trinajstić information content (AvgIpc) is 2.74. The van der Waals surface area contributed by atoms with Crippen molar-refractivity contribution in [2.45, 2.75) is 45.6 Å². The molecule has 1 aliphatic rings. The van der Waals surface area contributed by atoms with Crippen LogP contribution in [0.15, 0.2) is 0 Å². The first-order chi connectivity index (χ1) is 8.13. The van der Waals surface area contributed by atoms with Gasteiger partial charge in [-0.2, -0.15) is 0 Å². The van der Waals surface area contributed by atoms with Gasteiger partial charge in [0.05, 0.1) is 6.10 Å². The molecule has 1 atom stereocenters. The number of carbonyl (C=O) groups is 1. The summed E-state index contributed by atoms with van der Waals surface area (Å²) in [7, 11) is 0. The van der Waals surface area contributed by atoms with Crippen molar-refractivity contribution in [3.05, 3.63) is 0 Å². The van der Waals surface area contributed by atoms with Gasteiger partial charge in [-0.25, -0.2) is 0 Å². The number of amides is 1. The zero-order valence-electron chi connectivity index (χ0n) is 11.6. The Kier molecular flexibility index (Phi) is 9.42. The van der Waals surface area contributed by atoms with E-state index in [-0.39, 0.29) is 24.4 Å². The van der Waals surface area contributed by atoms with Gasteiger partial charge in [0, 0.05) is 26.1 Å². The molecule has 0 spiro atoms. The molecule has 18 heavy (non-hydrogen) atoms. The van der Waals surface area contributed by atoms with Crippen LogP contribution in [0.1, 0.15) is 39.5 Å². The van der Waals surface area contributed by atoms with Gasteiger partial charge in [0.1, 0.15) is 0 Å². The van der Waals surface area contributed by atoms with Crippen molar-refractivity contribution in [1.82, 2.24) is 4.90 Å². The van der Waals surface area contributed by atoms with Crippen LogP contribution in [-0.2, 0) is 9.53 Å². The number of hydrogen-bond acceptors (Lipinski definition) is 3.